The lowest BCUT2D eigenvalue weighted by Gasteiger charge is -2.24. The van der Waals surface area contributed by atoms with E-state index in [1.165, 1.54) is 96.3 Å². The Morgan fingerprint density at radius 1 is 0.609 bits per heavy atom. The maximum absolute atomic E-state index is 12.5. The minimum absolute atomic E-state index is 0.297. The van der Waals surface area contributed by atoms with Crippen molar-refractivity contribution in [2.75, 3.05) is 5.75 Å². The number of nitrogens with one attached hydrogen (secondary N) is 1. The highest BCUT2D eigenvalue weighted by molar-refractivity contribution is 7.85. The summed E-state index contributed by atoms with van der Waals surface area (Å²) in [6, 6.07) is -1.14. The predicted molar refractivity (Wildman–Crippen MR) is 195 cm³/mol. The van der Waals surface area contributed by atoms with E-state index in [9.17, 15) is 28.0 Å². The van der Waals surface area contributed by atoms with Gasteiger partial charge in [0.05, 0.1) is 17.9 Å². The molecule has 0 spiro atoms. The molecule has 1 amide bonds. The van der Waals surface area contributed by atoms with Crippen LogP contribution < -0.4 is 5.32 Å². The molecule has 0 saturated carbocycles. The first kappa shape index (κ1) is 44.8. The molecule has 3 unspecified atom stereocenters. The van der Waals surface area contributed by atoms with Crippen molar-refractivity contribution in [2.24, 2.45) is 0 Å². The molecule has 0 aliphatic heterocycles. The van der Waals surface area contributed by atoms with E-state index < -0.39 is 40.0 Å². The van der Waals surface area contributed by atoms with Crippen LogP contribution in [0, 0.1) is 0 Å². The molecule has 0 aromatic heterocycles. The third-order valence-corrected chi connectivity index (χ3v) is 9.56. The summed E-state index contributed by atoms with van der Waals surface area (Å²) in [5.74, 6) is -1.45. The van der Waals surface area contributed by atoms with Crippen molar-refractivity contribution in [3.63, 3.8) is 0 Å². The van der Waals surface area contributed by atoms with Gasteiger partial charge >= 0.3 is 0 Å². The van der Waals surface area contributed by atoms with Crippen molar-refractivity contribution in [1.82, 2.24) is 5.32 Å². The highest BCUT2D eigenvalue weighted by atomic mass is 32.2. The fourth-order valence-corrected chi connectivity index (χ4v) is 6.61. The Morgan fingerprint density at radius 3 is 1.52 bits per heavy atom. The normalized spacial score (nSPS) is 14.3. The van der Waals surface area contributed by atoms with E-state index in [4.69, 9.17) is 0 Å². The summed E-state index contributed by atoms with van der Waals surface area (Å²) in [5.41, 5.74) is 0. The van der Waals surface area contributed by atoms with Crippen molar-refractivity contribution < 1.29 is 28.0 Å². The van der Waals surface area contributed by atoms with Gasteiger partial charge in [0, 0.05) is 0 Å². The summed E-state index contributed by atoms with van der Waals surface area (Å²) in [6.07, 6.45) is 36.4. The summed E-state index contributed by atoms with van der Waals surface area (Å²) >= 11 is 0. The molecule has 7 nitrogen and oxygen atoms in total. The van der Waals surface area contributed by atoms with Gasteiger partial charge in [0.1, 0.15) is 6.10 Å². The molecule has 0 bridgehead atoms. The number of aliphatic hydroxyl groups excluding tert-OH is 2. The molecule has 3 atom stereocenters. The van der Waals surface area contributed by atoms with Crippen LogP contribution in [-0.4, -0.2) is 53.1 Å². The molecule has 0 rings (SSSR count). The van der Waals surface area contributed by atoms with E-state index in [0.717, 1.165) is 51.4 Å². The van der Waals surface area contributed by atoms with Gasteiger partial charge in [-0.2, -0.15) is 8.42 Å². The quantitative estimate of drug-likeness (QED) is 0.0307. The van der Waals surface area contributed by atoms with Crippen LogP contribution in [0.2, 0.25) is 0 Å². The number of aliphatic hydroxyl groups is 2. The van der Waals surface area contributed by atoms with Crippen molar-refractivity contribution in [2.45, 2.75) is 205 Å². The lowest BCUT2D eigenvalue weighted by Crippen LogP contribution is -2.50. The van der Waals surface area contributed by atoms with Gasteiger partial charge in [0.25, 0.3) is 10.1 Å². The van der Waals surface area contributed by atoms with Crippen LogP contribution in [0.3, 0.4) is 0 Å². The second-order valence-electron chi connectivity index (χ2n) is 13.3. The van der Waals surface area contributed by atoms with Crippen LogP contribution in [-0.2, 0) is 14.9 Å². The Hall–Kier alpha value is -1.22. The molecule has 0 heterocycles. The van der Waals surface area contributed by atoms with Gasteiger partial charge in [-0.1, -0.05) is 173 Å². The van der Waals surface area contributed by atoms with Crippen molar-refractivity contribution >= 4 is 16.0 Å². The van der Waals surface area contributed by atoms with Crippen LogP contribution in [0.25, 0.3) is 0 Å². The molecule has 0 saturated heterocycles. The zero-order chi connectivity index (χ0) is 34.1. The molecule has 0 aromatic carbocycles. The smallest absolute Gasteiger partial charge is 0.266 e. The summed E-state index contributed by atoms with van der Waals surface area (Å²) in [4.78, 5) is 12.5. The monoisotopic (exact) mass is 672 g/mol. The van der Waals surface area contributed by atoms with Crippen molar-refractivity contribution in [1.29, 1.82) is 0 Å². The Bertz CT molecular complexity index is 844. The summed E-state index contributed by atoms with van der Waals surface area (Å²) in [5, 5.41) is 23.4. The average molecular weight is 672 g/mol. The topological polar surface area (TPSA) is 124 Å². The molecule has 4 N–H and O–H groups in total. The molecule has 0 radical (unpaired) electrons. The van der Waals surface area contributed by atoms with E-state index in [0.29, 0.717) is 25.7 Å². The number of rotatable bonds is 34. The standard InChI is InChI=1S/C38H73NO6S/c1-3-5-7-9-11-13-14-15-16-17-18-19-20-21-22-23-25-27-29-31-33-37(41)38(42)39-35(34-46(43,44)45)36(40)32-30-28-26-24-12-10-8-6-4-2/h5,7,11,13,35-37,40-41H,3-4,6,8-10,12,14-34H2,1-2H3,(H,39,42)(H,43,44,45)/b7-5-,13-11-. The largest absolute Gasteiger partial charge is 0.391 e. The molecular formula is C38H73NO6S. The van der Waals surface area contributed by atoms with E-state index in [-0.39, 0.29) is 0 Å². The van der Waals surface area contributed by atoms with Crippen LogP contribution in [0.1, 0.15) is 187 Å². The number of carbonyl (C=O) groups excluding carboxylic acids is 1. The van der Waals surface area contributed by atoms with Crippen LogP contribution >= 0.6 is 0 Å². The molecule has 272 valence electrons. The molecule has 0 aliphatic rings. The third-order valence-electron chi connectivity index (χ3n) is 8.78. The molecular weight excluding hydrogens is 598 g/mol. The second kappa shape index (κ2) is 32.3. The lowest BCUT2D eigenvalue weighted by atomic mass is 10.0. The Labute approximate surface area is 284 Å². The number of carbonyl (C=O) groups is 1. The molecule has 46 heavy (non-hydrogen) atoms. The van der Waals surface area contributed by atoms with Gasteiger partial charge < -0.3 is 15.5 Å². The second-order valence-corrected chi connectivity index (χ2v) is 14.8. The third kappa shape index (κ3) is 31.4. The SMILES string of the molecule is CC/C=C\C/C=C\CCCCCCCCCCCCCCCC(O)C(=O)NC(CS(=O)(=O)O)C(O)CCCCCCCCCCC. The van der Waals surface area contributed by atoms with Crippen LogP contribution in [0.4, 0.5) is 0 Å². The van der Waals surface area contributed by atoms with E-state index >= 15 is 0 Å². The van der Waals surface area contributed by atoms with Crippen LogP contribution in [0.15, 0.2) is 24.3 Å². The number of hydrogen-bond acceptors (Lipinski definition) is 5. The Morgan fingerprint density at radius 2 is 1.04 bits per heavy atom. The number of hydrogen-bond donors (Lipinski definition) is 4. The highest BCUT2D eigenvalue weighted by Crippen LogP contribution is 2.16. The van der Waals surface area contributed by atoms with Gasteiger partial charge in [0.15, 0.2) is 0 Å². The minimum atomic E-state index is -4.40. The fourth-order valence-electron chi connectivity index (χ4n) is 5.85. The average Bonchev–Trinajstić information content (AvgIpc) is 3.01. The number of unbranched alkanes of at least 4 members (excludes halogenated alkanes) is 21. The van der Waals surface area contributed by atoms with E-state index in [2.05, 4.69) is 43.5 Å². The first-order chi connectivity index (χ1) is 22.2. The Balaban J connectivity index is 3.91. The maximum Gasteiger partial charge on any atom is 0.266 e. The predicted octanol–water partition coefficient (Wildman–Crippen LogP) is 9.77. The number of amides is 1. The molecule has 0 aliphatic carbocycles. The maximum atomic E-state index is 12.5. The van der Waals surface area contributed by atoms with Crippen molar-refractivity contribution in [3.05, 3.63) is 24.3 Å². The molecule has 0 fully saturated rings. The van der Waals surface area contributed by atoms with Gasteiger partial charge in [-0.25, -0.2) is 0 Å². The minimum Gasteiger partial charge on any atom is -0.391 e. The summed E-state index contributed by atoms with van der Waals surface area (Å²) in [7, 11) is -4.40. The zero-order valence-corrected chi connectivity index (χ0v) is 30.6. The number of allylic oxidation sites excluding steroid dienone is 4. The first-order valence-corrected chi connectivity index (χ1v) is 20.7. The van der Waals surface area contributed by atoms with Gasteiger partial charge in [0.2, 0.25) is 5.91 Å². The summed E-state index contributed by atoms with van der Waals surface area (Å²) in [6.45, 7) is 4.36. The summed E-state index contributed by atoms with van der Waals surface area (Å²) < 4.78 is 32.4. The van der Waals surface area contributed by atoms with Gasteiger partial charge in [-0.3, -0.25) is 9.35 Å². The van der Waals surface area contributed by atoms with Crippen molar-refractivity contribution in [3.8, 4) is 0 Å². The molecule has 8 heteroatoms. The van der Waals surface area contributed by atoms with Gasteiger partial charge in [-0.05, 0) is 38.5 Å². The zero-order valence-electron chi connectivity index (χ0n) is 29.8. The van der Waals surface area contributed by atoms with E-state index in [1.807, 2.05) is 0 Å². The van der Waals surface area contributed by atoms with Gasteiger partial charge in [-0.15, -0.1) is 0 Å². The van der Waals surface area contributed by atoms with Crippen LogP contribution in [0.5, 0.6) is 0 Å². The fraction of sp³-hybridized carbons (Fsp3) is 0.868. The van der Waals surface area contributed by atoms with E-state index in [1.54, 1.807) is 0 Å². The first-order valence-electron chi connectivity index (χ1n) is 19.1. The lowest BCUT2D eigenvalue weighted by molar-refractivity contribution is -0.131. The highest BCUT2D eigenvalue weighted by Gasteiger charge is 2.28. The molecule has 0 aromatic rings. The Kier molecular flexibility index (Phi) is 31.5.